The number of carbonyl (C=O) groups excluding carboxylic acids is 2. The average molecular weight is 425 g/mol. The smallest absolute Gasteiger partial charge is 0.239 e. The summed E-state index contributed by atoms with van der Waals surface area (Å²) in [6, 6.07) is 22.4. The van der Waals surface area contributed by atoms with Crippen LogP contribution in [0.4, 0.5) is 11.4 Å². The molecule has 1 fully saturated rings. The summed E-state index contributed by atoms with van der Waals surface area (Å²) in [6.45, 7) is 2.07. The Morgan fingerprint density at radius 1 is 0.906 bits per heavy atom. The van der Waals surface area contributed by atoms with Crippen LogP contribution in [0.15, 0.2) is 72.8 Å². The summed E-state index contributed by atoms with van der Waals surface area (Å²) in [6.07, 6.45) is 0.664. The number of imide groups is 1. The Labute approximate surface area is 185 Å². The summed E-state index contributed by atoms with van der Waals surface area (Å²) in [5, 5.41) is 21.1. The summed E-state index contributed by atoms with van der Waals surface area (Å²) in [4.78, 5) is 29.0. The van der Waals surface area contributed by atoms with Crippen LogP contribution < -0.4 is 10.1 Å². The minimum atomic E-state index is -0.626. The molecule has 160 valence electrons. The van der Waals surface area contributed by atoms with E-state index in [1.165, 1.54) is 12.1 Å². The highest BCUT2D eigenvalue weighted by molar-refractivity contribution is 6.25. The van der Waals surface area contributed by atoms with Crippen molar-refractivity contribution >= 4 is 23.2 Å². The number of hydrogen-bond donors (Lipinski definition) is 1. The van der Waals surface area contributed by atoms with Crippen LogP contribution in [0.3, 0.4) is 0 Å². The van der Waals surface area contributed by atoms with Crippen molar-refractivity contribution in [3.63, 3.8) is 0 Å². The Bertz CT molecular complexity index is 1240. The lowest BCUT2D eigenvalue weighted by Gasteiger charge is -2.54. The molecule has 1 saturated heterocycles. The maximum atomic E-state index is 14.0. The van der Waals surface area contributed by atoms with Gasteiger partial charge in [0.1, 0.15) is 0 Å². The van der Waals surface area contributed by atoms with E-state index in [0.29, 0.717) is 6.42 Å². The SMILES string of the molecule is CCC12c3ccccc3C(c3ccccc31)[C@@H]1C(=O)N(c3ccccc3N([O-])O)C(=O)[C@@H]12. The molecule has 0 unspecified atom stereocenters. The zero-order valence-electron chi connectivity index (χ0n) is 17.4. The zero-order valence-corrected chi connectivity index (χ0v) is 17.4. The minimum Gasteiger partial charge on any atom is -0.733 e. The van der Waals surface area contributed by atoms with Gasteiger partial charge in [0.15, 0.2) is 0 Å². The molecule has 1 N–H and O–H groups in total. The third-order valence-electron chi connectivity index (χ3n) is 7.68. The molecule has 0 aromatic heterocycles. The first kappa shape index (κ1) is 19.2. The molecule has 6 heteroatoms. The molecule has 0 spiro atoms. The molecule has 7 rings (SSSR count). The lowest BCUT2D eigenvalue weighted by molar-refractivity contribution is -0.123. The highest BCUT2D eigenvalue weighted by Gasteiger charge is 2.67. The first-order valence-corrected chi connectivity index (χ1v) is 10.8. The molecular formula is C26H21N2O4-. The summed E-state index contributed by atoms with van der Waals surface area (Å²) in [5.41, 5.74) is 3.78. The summed E-state index contributed by atoms with van der Waals surface area (Å²) < 4.78 is 0. The molecular weight excluding hydrogens is 404 g/mol. The Kier molecular flexibility index (Phi) is 3.91. The lowest BCUT2D eigenvalue weighted by atomic mass is 9.46. The third-order valence-corrected chi connectivity index (χ3v) is 7.68. The van der Waals surface area contributed by atoms with Crippen molar-refractivity contribution in [2.24, 2.45) is 11.8 Å². The Morgan fingerprint density at radius 2 is 1.47 bits per heavy atom. The van der Waals surface area contributed by atoms with E-state index in [4.69, 9.17) is 0 Å². The molecule has 2 amide bonds. The van der Waals surface area contributed by atoms with Crippen LogP contribution in [0.5, 0.6) is 0 Å². The fraction of sp³-hybridized carbons (Fsp3) is 0.231. The molecule has 0 radical (unpaired) electrons. The maximum Gasteiger partial charge on any atom is 0.239 e. The van der Waals surface area contributed by atoms with E-state index in [-0.39, 0.29) is 34.3 Å². The first-order valence-electron chi connectivity index (χ1n) is 10.8. The Morgan fingerprint density at radius 3 is 2.06 bits per heavy atom. The molecule has 2 atom stereocenters. The van der Waals surface area contributed by atoms with Crippen LogP contribution in [0.25, 0.3) is 0 Å². The predicted octanol–water partition coefficient (Wildman–Crippen LogP) is 4.34. The fourth-order valence-corrected chi connectivity index (χ4v) is 6.58. The Hall–Kier alpha value is -3.48. The number of hydrogen-bond acceptors (Lipinski definition) is 5. The number of rotatable bonds is 3. The van der Waals surface area contributed by atoms with Crippen LogP contribution in [-0.2, 0) is 15.0 Å². The molecule has 6 nitrogen and oxygen atoms in total. The van der Waals surface area contributed by atoms with Gasteiger partial charge in [-0.15, -0.1) is 0 Å². The van der Waals surface area contributed by atoms with Gasteiger partial charge in [-0.2, -0.15) is 0 Å². The van der Waals surface area contributed by atoms with Crippen molar-refractivity contribution < 1.29 is 14.8 Å². The van der Waals surface area contributed by atoms with E-state index in [0.717, 1.165) is 27.2 Å². The van der Waals surface area contributed by atoms with Gasteiger partial charge in [-0.1, -0.05) is 67.6 Å². The van der Waals surface area contributed by atoms with Crippen molar-refractivity contribution in [1.82, 2.24) is 0 Å². The summed E-state index contributed by atoms with van der Waals surface area (Å²) >= 11 is 0. The van der Waals surface area contributed by atoms with Crippen LogP contribution in [0.2, 0.25) is 0 Å². The summed E-state index contributed by atoms with van der Waals surface area (Å²) in [7, 11) is 0. The van der Waals surface area contributed by atoms with Crippen LogP contribution in [-0.4, -0.2) is 17.0 Å². The molecule has 1 heterocycles. The van der Waals surface area contributed by atoms with Gasteiger partial charge in [-0.3, -0.25) is 14.8 Å². The van der Waals surface area contributed by atoms with Gasteiger partial charge in [-0.25, -0.2) is 4.90 Å². The molecule has 4 aliphatic rings. The van der Waals surface area contributed by atoms with Crippen molar-refractivity contribution in [3.8, 4) is 0 Å². The number of benzene rings is 3. The van der Waals surface area contributed by atoms with Crippen LogP contribution >= 0.6 is 0 Å². The standard InChI is InChI=1S/C26H21N2O4/c1-2-26-17-11-5-3-9-15(17)21(16-10-4-6-12-18(16)26)22-23(26)25(30)27(24(22)29)19-13-7-8-14-20(19)28(31)32/h3-14,21-23,31H,2H2,1H3/q-1/t21?,22-,23+,26?/m0/s1. The molecule has 32 heavy (non-hydrogen) atoms. The van der Waals surface area contributed by atoms with Gasteiger partial charge in [0.05, 0.1) is 23.2 Å². The van der Waals surface area contributed by atoms with Crippen LogP contribution in [0, 0.1) is 17.0 Å². The zero-order chi connectivity index (χ0) is 22.2. The lowest BCUT2D eigenvalue weighted by Crippen LogP contribution is -2.53. The second-order valence-electron chi connectivity index (χ2n) is 8.75. The number of carbonyl (C=O) groups is 2. The minimum absolute atomic E-state index is 0.119. The van der Waals surface area contributed by atoms with E-state index >= 15 is 0 Å². The average Bonchev–Trinajstić information content (AvgIpc) is 3.09. The van der Waals surface area contributed by atoms with E-state index in [9.17, 15) is 20.0 Å². The second-order valence-corrected chi connectivity index (χ2v) is 8.75. The largest absolute Gasteiger partial charge is 0.733 e. The molecule has 2 bridgehead atoms. The monoisotopic (exact) mass is 425 g/mol. The number of para-hydroxylation sites is 2. The highest BCUT2D eigenvalue weighted by atomic mass is 16.8. The molecule has 1 aliphatic heterocycles. The first-order chi connectivity index (χ1) is 15.5. The maximum absolute atomic E-state index is 14.0. The normalized spacial score (nSPS) is 27.2. The molecule has 3 aliphatic carbocycles. The van der Waals surface area contributed by atoms with Gasteiger partial charge >= 0.3 is 0 Å². The predicted molar refractivity (Wildman–Crippen MR) is 119 cm³/mol. The molecule has 3 aromatic carbocycles. The van der Waals surface area contributed by atoms with Gasteiger partial charge < -0.3 is 10.4 Å². The topological polar surface area (TPSA) is 83.9 Å². The number of anilines is 2. The van der Waals surface area contributed by atoms with Gasteiger partial charge in [0.2, 0.25) is 11.8 Å². The van der Waals surface area contributed by atoms with Crippen molar-refractivity contribution in [2.45, 2.75) is 24.7 Å². The van der Waals surface area contributed by atoms with Crippen molar-refractivity contribution in [1.29, 1.82) is 0 Å². The van der Waals surface area contributed by atoms with Gasteiger partial charge in [-0.05, 0) is 40.8 Å². The van der Waals surface area contributed by atoms with E-state index in [1.807, 2.05) is 24.3 Å². The van der Waals surface area contributed by atoms with Crippen molar-refractivity contribution in [2.75, 3.05) is 10.1 Å². The summed E-state index contributed by atoms with van der Waals surface area (Å²) in [5.74, 6) is -1.99. The quantitative estimate of drug-likeness (QED) is 0.499. The molecule has 3 aromatic rings. The molecule has 0 saturated carbocycles. The van der Waals surface area contributed by atoms with Crippen molar-refractivity contribution in [3.05, 3.63) is 100 Å². The number of nitrogens with zero attached hydrogens (tertiary/aromatic N) is 2. The van der Waals surface area contributed by atoms with E-state index < -0.39 is 17.3 Å². The fourth-order valence-electron chi connectivity index (χ4n) is 6.58. The van der Waals surface area contributed by atoms with E-state index in [1.54, 1.807) is 12.1 Å². The van der Waals surface area contributed by atoms with Crippen LogP contribution in [0.1, 0.15) is 41.5 Å². The van der Waals surface area contributed by atoms with Gasteiger partial charge in [0.25, 0.3) is 0 Å². The van der Waals surface area contributed by atoms with E-state index in [2.05, 4.69) is 31.2 Å². The second kappa shape index (κ2) is 6.51. The van der Waals surface area contributed by atoms with Gasteiger partial charge in [0, 0.05) is 11.3 Å². The highest BCUT2D eigenvalue weighted by Crippen LogP contribution is 2.65. The third kappa shape index (κ3) is 2.11. The Balaban J connectivity index is 1.63. The number of amides is 2.